The van der Waals surface area contributed by atoms with E-state index in [0.29, 0.717) is 0 Å². The Morgan fingerprint density at radius 3 is 2.33 bits per heavy atom. The first-order valence-electron chi connectivity index (χ1n) is 4.29. The predicted octanol–water partition coefficient (Wildman–Crippen LogP) is 2.77. The number of aliphatic hydroxyl groups excluding tert-OH is 1. The Morgan fingerprint density at radius 2 is 1.93 bits per heavy atom. The van der Waals surface area contributed by atoms with Crippen LogP contribution in [0.3, 0.4) is 0 Å². The normalized spacial score (nSPS) is 13.7. The Bertz CT molecular complexity index is 345. The number of methoxy groups -OCH3 is 1. The van der Waals surface area contributed by atoms with E-state index in [2.05, 4.69) is 0 Å². The van der Waals surface area contributed by atoms with Gasteiger partial charge in [0.25, 0.3) is 0 Å². The molecule has 84 valence electrons. The van der Waals surface area contributed by atoms with E-state index in [1.165, 1.54) is 26.2 Å². The van der Waals surface area contributed by atoms with Gasteiger partial charge in [0.2, 0.25) is 0 Å². The highest BCUT2D eigenvalue weighted by Crippen LogP contribution is 2.36. The fourth-order valence-corrected chi connectivity index (χ4v) is 1.27. The second kappa shape index (κ2) is 4.10. The van der Waals surface area contributed by atoms with Gasteiger partial charge in [-0.2, -0.15) is 13.2 Å². The summed E-state index contributed by atoms with van der Waals surface area (Å²) in [6, 6.07) is 3.48. The van der Waals surface area contributed by atoms with Crippen LogP contribution in [-0.2, 0) is 6.18 Å². The first-order chi connectivity index (χ1) is 6.86. The van der Waals surface area contributed by atoms with Crippen molar-refractivity contribution in [1.29, 1.82) is 0 Å². The van der Waals surface area contributed by atoms with Crippen LogP contribution < -0.4 is 4.74 Å². The van der Waals surface area contributed by atoms with Gasteiger partial charge in [-0.05, 0) is 24.6 Å². The molecule has 0 heterocycles. The van der Waals surface area contributed by atoms with Crippen LogP contribution in [0.15, 0.2) is 18.2 Å². The van der Waals surface area contributed by atoms with Crippen LogP contribution in [0.2, 0.25) is 0 Å². The minimum absolute atomic E-state index is 0.117. The number of benzene rings is 1. The fraction of sp³-hybridized carbons (Fsp3) is 0.400. The highest BCUT2D eigenvalue weighted by atomic mass is 19.4. The van der Waals surface area contributed by atoms with Crippen LogP contribution >= 0.6 is 0 Å². The van der Waals surface area contributed by atoms with E-state index in [0.717, 1.165) is 6.07 Å². The van der Waals surface area contributed by atoms with Crippen molar-refractivity contribution < 1.29 is 23.0 Å². The maximum atomic E-state index is 12.6. The summed E-state index contributed by atoms with van der Waals surface area (Å²) in [7, 11) is 1.29. The van der Waals surface area contributed by atoms with Crippen molar-refractivity contribution in [2.45, 2.75) is 19.2 Å². The Balaban J connectivity index is 3.29. The van der Waals surface area contributed by atoms with Gasteiger partial charge in [0.15, 0.2) is 0 Å². The predicted molar refractivity (Wildman–Crippen MR) is 48.6 cm³/mol. The third-order valence-electron chi connectivity index (χ3n) is 2.02. The van der Waals surface area contributed by atoms with Gasteiger partial charge in [0, 0.05) is 0 Å². The van der Waals surface area contributed by atoms with E-state index in [1.807, 2.05) is 0 Å². The second-order valence-corrected chi connectivity index (χ2v) is 3.13. The molecule has 0 saturated heterocycles. The summed E-state index contributed by atoms with van der Waals surface area (Å²) in [5, 5.41) is 9.19. The molecule has 1 aromatic rings. The van der Waals surface area contributed by atoms with Gasteiger partial charge in [-0.1, -0.05) is 6.07 Å². The van der Waals surface area contributed by atoms with E-state index < -0.39 is 17.8 Å². The number of halogens is 3. The number of hydrogen-bond donors (Lipinski definition) is 1. The van der Waals surface area contributed by atoms with Crippen molar-refractivity contribution >= 4 is 0 Å². The van der Waals surface area contributed by atoms with E-state index in [-0.39, 0.29) is 11.3 Å². The highest BCUT2D eigenvalue weighted by Gasteiger charge is 2.34. The van der Waals surface area contributed by atoms with Crippen molar-refractivity contribution in [3.05, 3.63) is 29.3 Å². The third-order valence-corrected chi connectivity index (χ3v) is 2.02. The van der Waals surface area contributed by atoms with E-state index in [9.17, 15) is 18.3 Å². The molecule has 1 atom stereocenters. The van der Waals surface area contributed by atoms with Gasteiger partial charge in [-0.3, -0.25) is 0 Å². The number of alkyl halides is 3. The smallest absolute Gasteiger partial charge is 0.416 e. The molecule has 0 aromatic heterocycles. The maximum absolute atomic E-state index is 12.6. The molecule has 0 aliphatic rings. The monoisotopic (exact) mass is 220 g/mol. The average molecular weight is 220 g/mol. The van der Waals surface area contributed by atoms with Crippen molar-refractivity contribution in [3.63, 3.8) is 0 Å². The summed E-state index contributed by atoms with van der Waals surface area (Å²) in [6.07, 6.45) is -5.64. The van der Waals surface area contributed by atoms with Crippen LogP contribution in [0.5, 0.6) is 5.75 Å². The van der Waals surface area contributed by atoms with Crippen molar-refractivity contribution in [2.75, 3.05) is 7.11 Å². The lowest BCUT2D eigenvalue weighted by Gasteiger charge is -2.15. The SMILES string of the molecule is COc1ccc([C@H](C)O)c(C(F)(F)F)c1. The zero-order valence-electron chi connectivity index (χ0n) is 8.30. The highest BCUT2D eigenvalue weighted by molar-refractivity contribution is 5.38. The van der Waals surface area contributed by atoms with Crippen LogP contribution in [0.1, 0.15) is 24.2 Å². The summed E-state index contributed by atoms with van der Waals surface area (Å²) in [5.74, 6) is 0.117. The molecular formula is C10H11F3O2. The van der Waals surface area contributed by atoms with Crippen LogP contribution in [0.25, 0.3) is 0 Å². The first-order valence-corrected chi connectivity index (χ1v) is 4.29. The molecular weight excluding hydrogens is 209 g/mol. The lowest BCUT2D eigenvalue weighted by molar-refractivity contribution is -0.139. The molecule has 0 saturated carbocycles. The number of ether oxygens (including phenoxy) is 1. The molecule has 0 amide bonds. The van der Waals surface area contributed by atoms with Crippen LogP contribution in [0, 0.1) is 0 Å². The molecule has 1 aromatic carbocycles. The molecule has 0 aliphatic carbocycles. The minimum atomic E-state index is -4.49. The lowest BCUT2D eigenvalue weighted by Crippen LogP contribution is -2.11. The molecule has 0 bridgehead atoms. The second-order valence-electron chi connectivity index (χ2n) is 3.13. The van der Waals surface area contributed by atoms with Crippen LogP contribution in [0.4, 0.5) is 13.2 Å². The van der Waals surface area contributed by atoms with Crippen molar-refractivity contribution in [3.8, 4) is 5.75 Å². The summed E-state index contributed by atoms with van der Waals surface area (Å²) < 4.78 is 42.4. The zero-order valence-corrected chi connectivity index (χ0v) is 8.30. The summed E-state index contributed by atoms with van der Waals surface area (Å²) >= 11 is 0. The molecule has 5 heteroatoms. The van der Waals surface area contributed by atoms with Crippen molar-refractivity contribution in [1.82, 2.24) is 0 Å². The molecule has 2 nitrogen and oxygen atoms in total. The molecule has 1 N–H and O–H groups in total. The third kappa shape index (κ3) is 2.62. The number of rotatable bonds is 2. The van der Waals surface area contributed by atoms with E-state index in [1.54, 1.807) is 0 Å². The molecule has 0 radical (unpaired) electrons. The van der Waals surface area contributed by atoms with Gasteiger partial charge in [0.1, 0.15) is 5.75 Å². The quantitative estimate of drug-likeness (QED) is 0.830. The van der Waals surface area contributed by atoms with Gasteiger partial charge in [-0.15, -0.1) is 0 Å². The van der Waals surface area contributed by atoms with Crippen molar-refractivity contribution in [2.24, 2.45) is 0 Å². The topological polar surface area (TPSA) is 29.5 Å². The molecule has 0 spiro atoms. The molecule has 0 fully saturated rings. The number of hydrogen-bond acceptors (Lipinski definition) is 2. The Hall–Kier alpha value is -1.23. The summed E-state index contributed by atoms with van der Waals surface area (Å²) in [5.41, 5.74) is -1.01. The average Bonchev–Trinajstić information content (AvgIpc) is 2.15. The standard InChI is InChI=1S/C10H11F3O2/c1-6(14)8-4-3-7(15-2)5-9(8)10(11,12)13/h3-6,14H,1-2H3/t6-/m0/s1. The zero-order chi connectivity index (χ0) is 11.6. The van der Waals surface area contributed by atoms with Gasteiger partial charge < -0.3 is 9.84 Å². The lowest BCUT2D eigenvalue weighted by atomic mass is 10.0. The maximum Gasteiger partial charge on any atom is 0.416 e. The van der Waals surface area contributed by atoms with Gasteiger partial charge >= 0.3 is 6.18 Å². The Morgan fingerprint density at radius 1 is 1.33 bits per heavy atom. The minimum Gasteiger partial charge on any atom is -0.497 e. The molecule has 15 heavy (non-hydrogen) atoms. The Labute approximate surface area is 85.3 Å². The van der Waals surface area contributed by atoms with E-state index >= 15 is 0 Å². The Kier molecular flexibility index (Phi) is 3.24. The van der Waals surface area contributed by atoms with Crippen LogP contribution in [-0.4, -0.2) is 12.2 Å². The summed E-state index contributed by atoms with van der Waals surface area (Å²) in [6.45, 7) is 1.29. The first kappa shape index (κ1) is 11.8. The largest absolute Gasteiger partial charge is 0.497 e. The fourth-order valence-electron chi connectivity index (χ4n) is 1.27. The van der Waals surface area contributed by atoms with E-state index in [4.69, 9.17) is 4.74 Å². The molecule has 0 unspecified atom stereocenters. The van der Waals surface area contributed by atoms with Gasteiger partial charge in [-0.25, -0.2) is 0 Å². The molecule has 0 aliphatic heterocycles. The summed E-state index contributed by atoms with van der Waals surface area (Å²) in [4.78, 5) is 0. The van der Waals surface area contributed by atoms with Gasteiger partial charge in [0.05, 0.1) is 18.8 Å². The molecule has 1 rings (SSSR count). The number of aliphatic hydroxyl groups is 1.